The number of benzene rings is 1. The van der Waals surface area contributed by atoms with Crippen LogP contribution in [0, 0.1) is 11.3 Å². The molecule has 0 radical (unpaired) electrons. The molecule has 202 valence electrons. The number of nitrogens with zero attached hydrogens (tertiary/aromatic N) is 3. The monoisotopic (exact) mass is 650 g/mol. The van der Waals surface area contributed by atoms with Gasteiger partial charge in [-0.2, -0.15) is 5.26 Å². The first kappa shape index (κ1) is 27.3. The van der Waals surface area contributed by atoms with Gasteiger partial charge in [0.25, 0.3) is 0 Å². The van der Waals surface area contributed by atoms with Crippen molar-refractivity contribution < 1.29 is 22.7 Å². The number of hydrogen-bond acceptors (Lipinski definition) is 7. The Morgan fingerprint density at radius 2 is 1.97 bits per heavy atom. The fraction of sp³-hybridized carbons (Fsp3) is 0.481. The van der Waals surface area contributed by atoms with Gasteiger partial charge in [-0.25, -0.2) is 12.7 Å². The van der Waals surface area contributed by atoms with Crippen LogP contribution in [-0.2, 0) is 26.6 Å². The minimum atomic E-state index is -3.89. The molecule has 38 heavy (non-hydrogen) atoms. The second-order valence-corrected chi connectivity index (χ2v) is 14.7. The quantitative estimate of drug-likeness (QED) is 0.378. The molecule has 0 saturated carbocycles. The van der Waals surface area contributed by atoms with Gasteiger partial charge in [-0.1, -0.05) is 48.6 Å². The molecule has 9 nitrogen and oxygen atoms in total. The number of ether oxygens (including phenoxy) is 2. The summed E-state index contributed by atoms with van der Waals surface area (Å²) in [5, 5.41) is 9.64. The van der Waals surface area contributed by atoms with Gasteiger partial charge < -0.3 is 14.5 Å². The van der Waals surface area contributed by atoms with Crippen LogP contribution in [0.15, 0.2) is 23.1 Å². The van der Waals surface area contributed by atoms with Crippen LogP contribution in [0.4, 0.5) is 0 Å². The van der Waals surface area contributed by atoms with E-state index in [9.17, 15) is 18.5 Å². The normalized spacial score (nSPS) is 22.5. The van der Waals surface area contributed by atoms with Crippen LogP contribution < -0.4 is 4.74 Å². The largest absolute Gasteiger partial charge is 0.491 e. The van der Waals surface area contributed by atoms with Crippen LogP contribution >= 0.6 is 22.6 Å². The number of fused-ring (bicyclic) bond motifs is 4. The molecule has 1 unspecified atom stereocenters. The maximum Gasteiger partial charge on any atom is 0.246 e. The first-order chi connectivity index (χ1) is 17.9. The zero-order valence-corrected chi connectivity index (χ0v) is 24.9. The number of nitrogens with one attached hydrogen (secondary N) is 1. The smallest absolute Gasteiger partial charge is 0.246 e. The molecule has 0 spiro atoms. The highest BCUT2D eigenvalue weighted by molar-refractivity contribution is 14.1. The van der Waals surface area contributed by atoms with Crippen molar-refractivity contribution in [3.8, 4) is 11.8 Å². The molecule has 1 aliphatic heterocycles. The van der Waals surface area contributed by atoms with E-state index >= 15 is 0 Å². The first-order valence-electron chi connectivity index (χ1n) is 12.5. The van der Waals surface area contributed by atoms with Crippen molar-refractivity contribution in [3.05, 3.63) is 51.9 Å². The highest BCUT2D eigenvalue weighted by atomic mass is 127. The van der Waals surface area contributed by atoms with Gasteiger partial charge in [0, 0.05) is 68.1 Å². The van der Waals surface area contributed by atoms with Crippen LogP contribution in [0.5, 0.6) is 5.75 Å². The van der Waals surface area contributed by atoms with Gasteiger partial charge in [-0.15, -0.1) is 0 Å². The van der Waals surface area contributed by atoms with E-state index in [1.807, 2.05) is 26.0 Å². The molecule has 3 aliphatic rings. The summed E-state index contributed by atoms with van der Waals surface area (Å²) in [7, 11) is -0.959. The number of ketones is 1. The fourth-order valence-corrected chi connectivity index (χ4v) is 6.95. The number of allylic oxidation sites excluding steroid dienone is 1. The Bertz CT molecular complexity index is 1480. The highest BCUT2D eigenvalue weighted by Gasteiger charge is 2.44. The first-order valence-corrected chi connectivity index (χ1v) is 15.0. The van der Waals surface area contributed by atoms with E-state index in [1.165, 1.54) is 20.2 Å². The Balaban J connectivity index is 1.59. The van der Waals surface area contributed by atoms with Gasteiger partial charge in [0.15, 0.2) is 5.78 Å². The maximum atomic E-state index is 14.0. The summed E-state index contributed by atoms with van der Waals surface area (Å²) in [6.07, 6.45) is 4.12. The molecule has 2 aromatic rings. The molecule has 1 aromatic carbocycles. The molecule has 2 heterocycles. The van der Waals surface area contributed by atoms with Crippen molar-refractivity contribution in [1.29, 1.82) is 5.26 Å². The van der Waals surface area contributed by atoms with Crippen LogP contribution in [0.25, 0.3) is 6.08 Å². The van der Waals surface area contributed by atoms with E-state index in [2.05, 4.69) is 38.5 Å². The molecule has 1 N–H and O–H groups in total. The van der Waals surface area contributed by atoms with Crippen molar-refractivity contribution in [1.82, 2.24) is 14.2 Å². The summed E-state index contributed by atoms with van der Waals surface area (Å²) in [6, 6.07) is 5.53. The summed E-state index contributed by atoms with van der Waals surface area (Å²) < 4.78 is 38.7. The zero-order chi connectivity index (χ0) is 27.5. The minimum absolute atomic E-state index is 0.0217. The van der Waals surface area contributed by atoms with Gasteiger partial charge in [0.05, 0.1) is 24.8 Å². The third kappa shape index (κ3) is 4.50. The Kier molecular flexibility index (Phi) is 7.01. The lowest BCUT2D eigenvalue weighted by atomic mass is 9.71. The van der Waals surface area contributed by atoms with E-state index in [1.54, 1.807) is 6.07 Å². The summed E-state index contributed by atoms with van der Waals surface area (Å²) in [5.41, 5.74) is 3.35. The number of carbonyl (C=O) groups excluding carboxylic acids is 1. The van der Waals surface area contributed by atoms with Crippen LogP contribution in [0.3, 0.4) is 0 Å². The summed E-state index contributed by atoms with van der Waals surface area (Å²) in [6.45, 7) is 7.92. The van der Waals surface area contributed by atoms with Crippen LogP contribution in [0.2, 0.25) is 0 Å². The average Bonchev–Trinajstić information content (AvgIpc) is 3.27. The Morgan fingerprint density at radius 1 is 1.26 bits per heavy atom. The van der Waals surface area contributed by atoms with Gasteiger partial charge in [0.2, 0.25) is 10.0 Å². The lowest BCUT2D eigenvalue weighted by Crippen LogP contribution is -2.38. The van der Waals surface area contributed by atoms with E-state index in [0.717, 1.165) is 34.3 Å². The van der Waals surface area contributed by atoms with Crippen molar-refractivity contribution in [2.75, 3.05) is 53.6 Å². The number of nitriles is 1. The topological polar surface area (TPSA) is 116 Å². The number of aromatic nitrogens is 1. The molecule has 1 atom stereocenters. The lowest BCUT2D eigenvalue weighted by molar-refractivity contribution is 0.0321. The lowest BCUT2D eigenvalue weighted by Gasteiger charge is -2.33. The summed E-state index contributed by atoms with van der Waals surface area (Å²) >= 11 is 2.13. The number of aromatic amines is 1. The molecule has 5 rings (SSSR count). The standard InChI is InChI=1S/C27H31IN4O5S/c1-26(2)19-14-21(37-12-9-32-7-10-36-11-8-32)22(38(34,35)31(3)4)13-18(19)24(33)23-17-5-6-27(28,16-29)15-20(17)30-25(23)26/h5-6,13-14,30H,7-12,15H2,1-4H3. The van der Waals surface area contributed by atoms with Gasteiger partial charge in [-0.05, 0) is 17.7 Å². The molecular formula is C27H31IN4O5S. The average molecular weight is 651 g/mol. The molecule has 0 bridgehead atoms. The van der Waals surface area contributed by atoms with Gasteiger partial charge in [-0.3, -0.25) is 9.69 Å². The van der Waals surface area contributed by atoms with Crippen molar-refractivity contribution >= 4 is 44.5 Å². The molecular weight excluding hydrogens is 619 g/mol. The summed E-state index contributed by atoms with van der Waals surface area (Å²) in [5.74, 6) is 0.00599. The number of halogens is 1. The van der Waals surface area contributed by atoms with E-state index in [0.29, 0.717) is 49.5 Å². The van der Waals surface area contributed by atoms with E-state index in [-0.39, 0.29) is 16.4 Å². The number of carbonyl (C=O) groups is 1. The number of alkyl halides is 1. The molecule has 2 aliphatic carbocycles. The van der Waals surface area contributed by atoms with Crippen molar-refractivity contribution in [2.24, 2.45) is 0 Å². The van der Waals surface area contributed by atoms with Gasteiger partial charge in [0.1, 0.15) is 20.7 Å². The Morgan fingerprint density at radius 3 is 2.63 bits per heavy atom. The summed E-state index contributed by atoms with van der Waals surface area (Å²) in [4.78, 5) is 19.6. The van der Waals surface area contributed by atoms with E-state index in [4.69, 9.17) is 9.47 Å². The number of rotatable bonds is 6. The van der Waals surface area contributed by atoms with Crippen molar-refractivity contribution in [3.63, 3.8) is 0 Å². The third-order valence-corrected chi connectivity index (χ3v) is 10.5. The molecule has 11 heteroatoms. The SMILES string of the molecule is CN(C)S(=O)(=O)c1cc2c(cc1OCCN1CCOCC1)C(C)(C)c1[nH]c3c(c1C2=O)C=CC(I)(C#N)C3. The number of hydrogen-bond donors (Lipinski definition) is 1. The zero-order valence-electron chi connectivity index (χ0n) is 21.9. The van der Waals surface area contributed by atoms with Gasteiger partial charge >= 0.3 is 0 Å². The Hall–Kier alpha value is -2.24. The Labute approximate surface area is 237 Å². The molecule has 0 amide bonds. The van der Waals surface area contributed by atoms with Crippen LogP contribution in [-0.4, -0.2) is 85.4 Å². The maximum absolute atomic E-state index is 14.0. The second-order valence-electron chi connectivity index (χ2n) is 10.6. The predicted octanol–water partition coefficient (Wildman–Crippen LogP) is 3.11. The number of morpholine rings is 1. The molecule has 1 aromatic heterocycles. The fourth-order valence-electron chi connectivity index (χ4n) is 5.36. The predicted molar refractivity (Wildman–Crippen MR) is 152 cm³/mol. The third-order valence-electron chi connectivity index (χ3n) is 7.64. The number of H-pyrrole nitrogens is 1. The minimum Gasteiger partial charge on any atom is -0.491 e. The molecule has 1 fully saturated rings. The highest BCUT2D eigenvalue weighted by Crippen LogP contribution is 2.47. The van der Waals surface area contributed by atoms with Crippen LogP contribution in [0.1, 0.15) is 52.3 Å². The van der Waals surface area contributed by atoms with E-state index < -0.39 is 18.9 Å². The van der Waals surface area contributed by atoms with Crippen molar-refractivity contribution in [2.45, 2.75) is 34.0 Å². The second kappa shape index (κ2) is 9.75. The molecule has 1 saturated heterocycles. The number of sulfonamides is 1.